The standard InChI is InChI=1S/C5H14N2.C4H10N2/c1-2-5(7)3-4-6;1-2-6-4-3-5-1/h5H,2-4,6-7H2,1H3;5-6H,1-4H2. The Morgan fingerprint density at radius 3 is 1.77 bits per heavy atom. The predicted octanol–water partition coefficient (Wildman–Crippen LogP) is -0.748. The molecule has 0 aromatic rings. The Hall–Kier alpha value is -0.160. The van der Waals surface area contributed by atoms with E-state index in [0.29, 0.717) is 6.04 Å². The fourth-order valence-electron chi connectivity index (χ4n) is 1.02. The van der Waals surface area contributed by atoms with Crippen LogP contribution >= 0.6 is 0 Å². The zero-order chi connectivity index (χ0) is 9.94. The summed E-state index contributed by atoms with van der Waals surface area (Å²) in [6, 6.07) is 0.324. The van der Waals surface area contributed by atoms with Gasteiger partial charge in [-0.25, -0.2) is 0 Å². The molecular formula is C9H24N4. The number of piperazine rings is 1. The highest BCUT2D eigenvalue weighted by molar-refractivity contribution is 4.59. The van der Waals surface area contributed by atoms with Gasteiger partial charge in [0.25, 0.3) is 0 Å². The van der Waals surface area contributed by atoms with Crippen molar-refractivity contribution in [1.29, 1.82) is 0 Å². The van der Waals surface area contributed by atoms with Crippen molar-refractivity contribution < 1.29 is 0 Å². The van der Waals surface area contributed by atoms with E-state index in [1.54, 1.807) is 0 Å². The molecule has 0 amide bonds. The van der Waals surface area contributed by atoms with E-state index in [0.717, 1.165) is 45.6 Å². The van der Waals surface area contributed by atoms with Crippen LogP contribution in [0.2, 0.25) is 0 Å². The molecule has 1 saturated heterocycles. The summed E-state index contributed by atoms with van der Waals surface area (Å²) in [5.41, 5.74) is 10.7. The van der Waals surface area contributed by atoms with Gasteiger partial charge >= 0.3 is 0 Å². The number of nitrogens with two attached hydrogens (primary N) is 2. The summed E-state index contributed by atoms with van der Waals surface area (Å²) in [6.07, 6.45) is 1.99. The summed E-state index contributed by atoms with van der Waals surface area (Å²) in [5.74, 6) is 0. The number of nitrogens with one attached hydrogen (secondary N) is 2. The monoisotopic (exact) mass is 188 g/mol. The molecule has 4 nitrogen and oxygen atoms in total. The quantitative estimate of drug-likeness (QED) is 0.470. The second-order valence-corrected chi connectivity index (χ2v) is 3.25. The first-order chi connectivity index (χ1) is 6.31. The number of hydrogen-bond acceptors (Lipinski definition) is 4. The molecule has 0 aliphatic carbocycles. The van der Waals surface area contributed by atoms with Gasteiger partial charge in [0.15, 0.2) is 0 Å². The van der Waals surface area contributed by atoms with E-state index in [1.807, 2.05) is 0 Å². The molecule has 0 aromatic carbocycles. The lowest BCUT2D eigenvalue weighted by Gasteiger charge is -2.11. The minimum atomic E-state index is 0.324. The van der Waals surface area contributed by atoms with Gasteiger partial charge in [-0.2, -0.15) is 0 Å². The van der Waals surface area contributed by atoms with Gasteiger partial charge in [0, 0.05) is 32.2 Å². The van der Waals surface area contributed by atoms with Crippen LogP contribution in [0, 0.1) is 0 Å². The van der Waals surface area contributed by atoms with Crippen molar-refractivity contribution in [1.82, 2.24) is 10.6 Å². The number of hydrogen-bond donors (Lipinski definition) is 4. The molecule has 1 rings (SSSR count). The molecule has 13 heavy (non-hydrogen) atoms. The van der Waals surface area contributed by atoms with Crippen molar-refractivity contribution in [2.24, 2.45) is 11.5 Å². The van der Waals surface area contributed by atoms with Crippen LogP contribution in [0.3, 0.4) is 0 Å². The fourth-order valence-corrected chi connectivity index (χ4v) is 1.02. The Morgan fingerprint density at radius 2 is 1.62 bits per heavy atom. The number of rotatable bonds is 3. The molecule has 1 unspecified atom stereocenters. The minimum Gasteiger partial charge on any atom is -0.330 e. The first kappa shape index (κ1) is 12.8. The molecular weight excluding hydrogens is 164 g/mol. The van der Waals surface area contributed by atoms with Crippen LogP contribution in [0.4, 0.5) is 0 Å². The van der Waals surface area contributed by atoms with Crippen molar-refractivity contribution in [3.63, 3.8) is 0 Å². The Bertz CT molecular complexity index is 82.1. The molecule has 0 radical (unpaired) electrons. The molecule has 6 N–H and O–H groups in total. The largest absolute Gasteiger partial charge is 0.330 e. The van der Waals surface area contributed by atoms with Gasteiger partial charge in [0.1, 0.15) is 0 Å². The first-order valence-corrected chi connectivity index (χ1v) is 5.18. The first-order valence-electron chi connectivity index (χ1n) is 5.18. The summed E-state index contributed by atoms with van der Waals surface area (Å²) in [7, 11) is 0. The van der Waals surface area contributed by atoms with E-state index in [1.165, 1.54) is 0 Å². The summed E-state index contributed by atoms with van der Waals surface area (Å²) < 4.78 is 0. The zero-order valence-corrected chi connectivity index (χ0v) is 8.68. The van der Waals surface area contributed by atoms with Crippen molar-refractivity contribution >= 4 is 0 Å². The fraction of sp³-hybridized carbons (Fsp3) is 1.00. The van der Waals surface area contributed by atoms with E-state index in [9.17, 15) is 0 Å². The lowest BCUT2D eigenvalue weighted by molar-refractivity contribution is 0.534. The van der Waals surface area contributed by atoms with Crippen LogP contribution in [-0.2, 0) is 0 Å². The molecule has 0 spiro atoms. The van der Waals surface area contributed by atoms with Gasteiger partial charge in [0.05, 0.1) is 0 Å². The maximum Gasteiger partial charge on any atom is 0.00772 e. The SMILES string of the molecule is C1CNCCN1.CCC(N)CCN. The summed E-state index contributed by atoms with van der Waals surface area (Å²) in [5, 5.41) is 6.44. The third kappa shape index (κ3) is 9.76. The van der Waals surface area contributed by atoms with Crippen LogP contribution in [0.1, 0.15) is 19.8 Å². The highest BCUT2D eigenvalue weighted by atomic mass is 15.0. The Balaban J connectivity index is 0.000000223. The molecule has 1 heterocycles. The normalized spacial score (nSPS) is 18.7. The van der Waals surface area contributed by atoms with E-state index in [4.69, 9.17) is 11.5 Å². The van der Waals surface area contributed by atoms with Crippen LogP contribution < -0.4 is 22.1 Å². The molecule has 1 atom stereocenters. The molecule has 80 valence electrons. The van der Waals surface area contributed by atoms with E-state index in [-0.39, 0.29) is 0 Å². The summed E-state index contributed by atoms with van der Waals surface area (Å²) in [6.45, 7) is 7.34. The van der Waals surface area contributed by atoms with Crippen molar-refractivity contribution in [3.8, 4) is 0 Å². The molecule has 1 aliphatic heterocycles. The van der Waals surface area contributed by atoms with Gasteiger partial charge in [-0.15, -0.1) is 0 Å². The molecule has 1 aliphatic rings. The molecule has 0 saturated carbocycles. The third-order valence-corrected chi connectivity index (χ3v) is 2.02. The second-order valence-electron chi connectivity index (χ2n) is 3.25. The van der Waals surface area contributed by atoms with E-state index >= 15 is 0 Å². The Kier molecular flexibility index (Phi) is 9.80. The lowest BCUT2D eigenvalue weighted by Crippen LogP contribution is -2.39. The highest BCUT2D eigenvalue weighted by Crippen LogP contribution is 1.88. The zero-order valence-electron chi connectivity index (χ0n) is 8.68. The Labute approximate surface area is 81.4 Å². The van der Waals surface area contributed by atoms with Crippen LogP contribution in [-0.4, -0.2) is 38.8 Å². The van der Waals surface area contributed by atoms with Crippen molar-refractivity contribution in [3.05, 3.63) is 0 Å². The van der Waals surface area contributed by atoms with Crippen molar-refractivity contribution in [2.45, 2.75) is 25.8 Å². The second kappa shape index (κ2) is 9.92. The van der Waals surface area contributed by atoms with E-state index in [2.05, 4.69) is 17.6 Å². The van der Waals surface area contributed by atoms with Gasteiger partial charge in [-0.05, 0) is 19.4 Å². The summed E-state index contributed by atoms with van der Waals surface area (Å²) >= 11 is 0. The molecule has 0 aromatic heterocycles. The van der Waals surface area contributed by atoms with Gasteiger partial charge in [0.2, 0.25) is 0 Å². The Morgan fingerprint density at radius 1 is 1.15 bits per heavy atom. The maximum atomic E-state index is 5.50. The van der Waals surface area contributed by atoms with Crippen molar-refractivity contribution in [2.75, 3.05) is 32.7 Å². The van der Waals surface area contributed by atoms with Gasteiger partial charge in [-0.3, -0.25) is 0 Å². The minimum absolute atomic E-state index is 0.324. The smallest absolute Gasteiger partial charge is 0.00772 e. The van der Waals surface area contributed by atoms with E-state index < -0.39 is 0 Å². The van der Waals surface area contributed by atoms with Gasteiger partial charge < -0.3 is 22.1 Å². The van der Waals surface area contributed by atoms with Crippen LogP contribution in [0.15, 0.2) is 0 Å². The highest BCUT2D eigenvalue weighted by Gasteiger charge is 1.93. The lowest BCUT2D eigenvalue weighted by atomic mass is 10.2. The van der Waals surface area contributed by atoms with Gasteiger partial charge in [-0.1, -0.05) is 6.92 Å². The van der Waals surface area contributed by atoms with Crippen LogP contribution in [0.5, 0.6) is 0 Å². The summed E-state index contributed by atoms with van der Waals surface area (Å²) in [4.78, 5) is 0. The molecule has 4 heteroatoms. The van der Waals surface area contributed by atoms with Crippen LogP contribution in [0.25, 0.3) is 0 Å². The average Bonchev–Trinajstić information content (AvgIpc) is 2.22. The molecule has 0 bridgehead atoms. The maximum absolute atomic E-state index is 5.50. The topological polar surface area (TPSA) is 76.1 Å². The molecule has 1 fully saturated rings. The predicted molar refractivity (Wildman–Crippen MR) is 57.7 cm³/mol. The third-order valence-electron chi connectivity index (χ3n) is 2.02. The average molecular weight is 188 g/mol.